The first-order chi connectivity index (χ1) is 12.3. The predicted molar refractivity (Wildman–Crippen MR) is 94.6 cm³/mol. The number of hydrogen-bond acceptors (Lipinski definition) is 6. The maximum absolute atomic E-state index is 12.2. The molecule has 0 saturated heterocycles. The van der Waals surface area contributed by atoms with Crippen molar-refractivity contribution in [2.45, 2.75) is 13.3 Å². The first kappa shape index (κ1) is 19.0. The van der Waals surface area contributed by atoms with Crippen LogP contribution in [0, 0.1) is 0 Å². The molecule has 0 bridgehead atoms. The summed E-state index contributed by atoms with van der Waals surface area (Å²) in [6.45, 7) is 2.18. The minimum absolute atomic E-state index is 0.0914. The minimum Gasteiger partial charge on any atom is -0.466 e. The molecule has 10 nitrogen and oxygen atoms in total. The standard InChI is InChI=1S/C16H22N6O4/c1-4-26-13(23)5-6-18-15(24)11-7-10(8-21(11)2)19-16(25)14-20-12(17)9-22(14)3/h7-9H,4-6,17H2,1-3H3,(H,18,24)(H,19,25). The van der Waals surface area contributed by atoms with Crippen LogP contribution in [-0.4, -0.2) is 45.1 Å². The molecule has 0 atom stereocenters. The second-order valence-electron chi connectivity index (χ2n) is 5.59. The van der Waals surface area contributed by atoms with Crippen molar-refractivity contribution in [1.82, 2.24) is 19.4 Å². The molecule has 26 heavy (non-hydrogen) atoms. The second kappa shape index (κ2) is 8.19. The number of carbonyl (C=O) groups is 3. The lowest BCUT2D eigenvalue weighted by Crippen LogP contribution is -2.28. The van der Waals surface area contributed by atoms with E-state index in [0.29, 0.717) is 18.0 Å². The Kier molecular flexibility index (Phi) is 5.99. The van der Waals surface area contributed by atoms with E-state index < -0.39 is 5.91 Å². The number of esters is 1. The van der Waals surface area contributed by atoms with E-state index in [1.807, 2.05) is 0 Å². The molecule has 4 N–H and O–H groups in total. The van der Waals surface area contributed by atoms with Gasteiger partial charge in [-0.2, -0.15) is 0 Å². The van der Waals surface area contributed by atoms with Gasteiger partial charge in [-0.15, -0.1) is 0 Å². The fourth-order valence-electron chi connectivity index (χ4n) is 2.35. The average molecular weight is 362 g/mol. The van der Waals surface area contributed by atoms with Crippen LogP contribution in [-0.2, 0) is 23.6 Å². The summed E-state index contributed by atoms with van der Waals surface area (Å²) in [6.07, 6.45) is 3.22. The Balaban J connectivity index is 1.97. The number of anilines is 2. The molecule has 0 aliphatic carbocycles. The molecule has 0 saturated carbocycles. The molecular weight excluding hydrogens is 340 g/mol. The third-order valence-corrected chi connectivity index (χ3v) is 3.51. The molecule has 0 aliphatic heterocycles. The highest BCUT2D eigenvalue weighted by Crippen LogP contribution is 2.14. The van der Waals surface area contributed by atoms with Crippen LogP contribution in [0.1, 0.15) is 34.5 Å². The van der Waals surface area contributed by atoms with E-state index in [2.05, 4.69) is 15.6 Å². The zero-order valence-corrected chi connectivity index (χ0v) is 14.9. The van der Waals surface area contributed by atoms with E-state index in [-0.39, 0.29) is 36.5 Å². The van der Waals surface area contributed by atoms with E-state index >= 15 is 0 Å². The number of aryl methyl sites for hydroxylation is 2. The van der Waals surface area contributed by atoms with Crippen molar-refractivity contribution >= 4 is 29.3 Å². The van der Waals surface area contributed by atoms with E-state index in [1.54, 1.807) is 31.8 Å². The lowest BCUT2D eigenvalue weighted by atomic mass is 10.3. The fourth-order valence-corrected chi connectivity index (χ4v) is 2.35. The normalized spacial score (nSPS) is 10.4. The highest BCUT2D eigenvalue weighted by molar-refractivity contribution is 6.03. The van der Waals surface area contributed by atoms with E-state index in [1.165, 1.54) is 16.8 Å². The van der Waals surface area contributed by atoms with Crippen LogP contribution in [0.3, 0.4) is 0 Å². The van der Waals surface area contributed by atoms with E-state index in [9.17, 15) is 14.4 Å². The summed E-state index contributed by atoms with van der Waals surface area (Å²) in [5.41, 5.74) is 6.34. The lowest BCUT2D eigenvalue weighted by molar-refractivity contribution is -0.142. The average Bonchev–Trinajstić information content (AvgIpc) is 3.09. The van der Waals surface area contributed by atoms with E-state index in [4.69, 9.17) is 10.5 Å². The Morgan fingerprint density at radius 2 is 1.92 bits per heavy atom. The van der Waals surface area contributed by atoms with Gasteiger partial charge in [-0.1, -0.05) is 0 Å². The zero-order chi connectivity index (χ0) is 19.3. The lowest BCUT2D eigenvalue weighted by Gasteiger charge is -2.05. The molecule has 2 amide bonds. The molecule has 0 fully saturated rings. The summed E-state index contributed by atoms with van der Waals surface area (Å²) in [5.74, 6) is -0.774. The molecule has 2 aromatic heterocycles. The Morgan fingerprint density at radius 3 is 2.54 bits per heavy atom. The Labute approximate surface area is 150 Å². The van der Waals surface area contributed by atoms with Crippen LogP contribution in [0.15, 0.2) is 18.5 Å². The Morgan fingerprint density at radius 1 is 1.19 bits per heavy atom. The van der Waals surface area contributed by atoms with E-state index in [0.717, 1.165) is 0 Å². The van der Waals surface area contributed by atoms with Gasteiger partial charge in [0.1, 0.15) is 11.5 Å². The van der Waals surface area contributed by atoms with Gasteiger partial charge in [-0.3, -0.25) is 14.4 Å². The first-order valence-corrected chi connectivity index (χ1v) is 8.02. The van der Waals surface area contributed by atoms with Gasteiger partial charge in [0.2, 0.25) is 5.82 Å². The number of hydrogen-bond donors (Lipinski definition) is 3. The molecule has 0 unspecified atom stereocenters. The summed E-state index contributed by atoms with van der Waals surface area (Å²) in [5, 5.41) is 5.30. The summed E-state index contributed by atoms with van der Waals surface area (Å²) in [4.78, 5) is 39.7. The molecule has 2 rings (SSSR count). The predicted octanol–water partition coefficient (Wildman–Crippen LogP) is 0.276. The zero-order valence-electron chi connectivity index (χ0n) is 14.9. The fraction of sp³-hybridized carbons (Fsp3) is 0.375. The van der Waals surface area contributed by atoms with Crippen molar-refractivity contribution in [3.63, 3.8) is 0 Å². The highest BCUT2D eigenvalue weighted by Gasteiger charge is 2.17. The van der Waals surface area contributed by atoms with Crippen molar-refractivity contribution in [2.75, 3.05) is 24.2 Å². The minimum atomic E-state index is -0.441. The number of nitrogens with one attached hydrogen (secondary N) is 2. The van der Waals surface area contributed by atoms with Gasteiger partial charge in [0, 0.05) is 33.0 Å². The van der Waals surface area contributed by atoms with Crippen molar-refractivity contribution in [1.29, 1.82) is 0 Å². The number of carbonyl (C=O) groups excluding carboxylic acids is 3. The van der Waals surface area contributed by atoms with Crippen LogP contribution < -0.4 is 16.4 Å². The van der Waals surface area contributed by atoms with Crippen molar-refractivity contribution < 1.29 is 19.1 Å². The first-order valence-electron chi connectivity index (χ1n) is 8.02. The van der Waals surface area contributed by atoms with Gasteiger partial charge in [-0.25, -0.2) is 4.98 Å². The summed E-state index contributed by atoms with van der Waals surface area (Å²) >= 11 is 0. The topological polar surface area (TPSA) is 133 Å². The number of imidazole rings is 1. The SMILES string of the molecule is CCOC(=O)CCNC(=O)c1cc(NC(=O)c2nc(N)cn2C)cn1C. The van der Waals surface area contributed by atoms with Crippen LogP contribution in [0.2, 0.25) is 0 Å². The molecule has 0 radical (unpaired) electrons. The van der Waals surface area contributed by atoms with Crippen molar-refractivity contribution in [3.05, 3.63) is 30.0 Å². The van der Waals surface area contributed by atoms with Gasteiger partial charge < -0.3 is 30.2 Å². The largest absolute Gasteiger partial charge is 0.466 e. The number of nitrogens with two attached hydrogens (primary N) is 1. The molecule has 0 aliphatic rings. The van der Waals surface area contributed by atoms with Crippen LogP contribution in [0.5, 0.6) is 0 Å². The molecule has 140 valence electrons. The van der Waals surface area contributed by atoms with Gasteiger partial charge in [0.05, 0.1) is 18.7 Å². The number of aromatic nitrogens is 3. The van der Waals surface area contributed by atoms with Gasteiger partial charge >= 0.3 is 5.97 Å². The smallest absolute Gasteiger partial charge is 0.307 e. The second-order valence-corrected chi connectivity index (χ2v) is 5.59. The monoisotopic (exact) mass is 362 g/mol. The molecule has 2 heterocycles. The summed E-state index contributed by atoms with van der Waals surface area (Å²) in [7, 11) is 3.33. The third-order valence-electron chi connectivity index (χ3n) is 3.51. The number of nitrogen functional groups attached to an aromatic ring is 1. The van der Waals surface area contributed by atoms with Crippen LogP contribution in [0.4, 0.5) is 11.5 Å². The number of nitrogens with zero attached hydrogens (tertiary/aromatic N) is 3. The summed E-state index contributed by atoms with van der Waals surface area (Å²) < 4.78 is 7.88. The number of rotatable bonds is 7. The molecule has 2 aromatic rings. The van der Waals surface area contributed by atoms with Gasteiger partial charge in [-0.05, 0) is 13.0 Å². The maximum atomic E-state index is 12.2. The van der Waals surface area contributed by atoms with Gasteiger partial charge in [0.25, 0.3) is 11.8 Å². The number of ether oxygens (including phenoxy) is 1. The van der Waals surface area contributed by atoms with Crippen LogP contribution >= 0.6 is 0 Å². The molecular formula is C16H22N6O4. The Hall–Kier alpha value is -3.30. The van der Waals surface area contributed by atoms with Crippen LogP contribution in [0.25, 0.3) is 0 Å². The summed E-state index contributed by atoms with van der Waals surface area (Å²) in [6, 6.07) is 1.53. The molecule has 0 aromatic carbocycles. The maximum Gasteiger partial charge on any atom is 0.307 e. The third kappa shape index (κ3) is 4.62. The Bertz CT molecular complexity index is 823. The highest BCUT2D eigenvalue weighted by atomic mass is 16.5. The molecule has 10 heteroatoms. The number of amides is 2. The molecule has 0 spiro atoms. The van der Waals surface area contributed by atoms with Crippen molar-refractivity contribution in [3.8, 4) is 0 Å². The van der Waals surface area contributed by atoms with Crippen molar-refractivity contribution in [2.24, 2.45) is 14.1 Å². The quantitative estimate of drug-likeness (QED) is 0.606. The van der Waals surface area contributed by atoms with Gasteiger partial charge in [0.15, 0.2) is 0 Å².